The minimum Gasteiger partial charge on any atom is -0.383 e. The molecule has 166 valence electrons. The summed E-state index contributed by atoms with van der Waals surface area (Å²) in [5.74, 6) is 0.461. The van der Waals surface area contributed by atoms with Crippen LogP contribution in [0, 0.1) is 0 Å². The molecule has 1 amide bonds. The van der Waals surface area contributed by atoms with Crippen LogP contribution in [0.1, 0.15) is 16.8 Å². The van der Waals surface area contributed by atoms with Gasteiger partial charge in [-0.1, -0.05) is 12.1 Å². The van der Waals surface area contributed by atoms with Crippen molar-refractivity contribution >= 4 is 49.1 Å². The van der Waals surface area contributed by atoms with E-state index in [0.29, 0.717) is 29.0 Å². The first kappa shape index (κ1) is 20.9. The highest BCUT2D eigenvalue weighted by Crippen LogP contribution is 2.31. The summed E-state index contributed by atoms with van der Waals surface area (Å²) >= 11 is 1.44. The number of carbonyl (C=O) groups excluding carboxylic acids is 1. The third-order valence-electron chi connectivity index (χ3n) is 5.76. The Labute approximate surface area is 188 Å². The quantitative estimate of drug-likeness (QED) is 0.453. The number of para-hydroxylation sites is 1. The number of nitrogens with one attached hydrogen (secondary N) is 2. The number of methoxy groups -OCH3 is 1. The second-order valence-electron chi connectivity index (χ2n) is 7.79. The number of carbonyl (C=O) groups is 1. The first-order chi connectivity index (χ1) is 15.7. The summed E-state index contributed by atoms with van der Waals surface area (Å²) in [6, 6.07) is 11.6. The molecule has 1 aliphatic rings. The first-order valence-corrected chi connectivity index (χ1v) is 11.6. The van der Waals surface area contributed by atoms with Crippen molar-refractivity contribution in [2.45, 2.75) is 6.42 Å². The number of amides is 1. The fraction of sp³-hybridized carbons (Fsp3) is 0.348. The van der Waals surface area contributed by atoms with Gasteiger partial charge < -0.3 is 20.3 Å². The van der Waals surface area contributed by atoms with Gasteiger partial charge >= 0.3 is 0 Å². The standard InChI is InChI=1S/C23H25N5O3S/c1-31-14-11-25-22(30)19-20(29)15-7-8-18(27-12-4-9-24-10-13-27)26-21(15)28-16-5-2-3-6-17(16)32-23(19)28/h2-3,5-8,24H,4,9-14H2,1H3,(H,25,30). The van der Waals surface area contributed by atoms with Gasteiger partial charge in [0.15, 0.2) is 5.65 Å². The molecule has 32 heavy (non-hydrogen) atoms. The fourth-order valence-electron chi connectivity index (χ4n) is 4.18. The summed E-state index contributed by atoms with van der Waals surface area (Å²) < 4.78 is 7.99. The Morgan fingerprint density at radius 1 is 1.22 bits per heavy atom. The van der Waals surface area contributed by atoms with Crippen molar-refractivity contribution in [1.82, 2.24) is 20.0 Å². The van der Waals surface area contributed by atoms with Crippen LogP contribution in [-0.4, -0.2) is 61.7 Å². The molecule has 0 spiro atoms. The SMILES string of the molecule is COCCNC(=O)c1c(=O)c2ccc(N3CCCNCC3)nc2n2c1sc1ccccc12. The molecule has 9 heteroatoms. The zero-order valence-electron chi connectivity index (χ0n) is 17.9. The molecule has 1 aliphatic heterocycles. The van der Waals surface area contributed by atoms with Gasteiger partial charge in [0.1, 0.15) is 16.2 Å². The molecule has 8 nitrogen and oxygen atoms in total. The van der Waals surface area contributed by atoms with Gasteiger partial charge in [-0.2, -0.15) is 0 Å². The number of fused-ring (bicyclic) bond motifs is 5. The van der Waals surface area contributed by atoms with Crippen molar-refractivity contribution in [2.24, 2.45) is 0 Å². The van der Waals surface area contributed by atoms with Crippen LogP contribution >= 0.6 is 11.3 Å². The molecule has 5 rings (SSSR count). The van der Waals surface area contributed by atoms with Gasteiger partial charge in [0.05, 0.1) is 22.2 Å². The Morgan fingerprint density at radius 2 is 2.09 bits per heavy atom. The largest absolute Gasteiger partial charge is 0.383 e. The maximum absolute atomic E-state index is 13.5. The molecule has 0 radical (unpaired) electrons. The monoisotopic (exact) mass is 451 g/mol. The molecule has 0 unspecified atom stereocenters. The van der Waals surface area contributed by atoms with E-state index in [1.807, 2.05) is 40.8 Å². The third-order valence-corrected chi connectivity index (χ3v) is 6.90. The maximum Gasteiger partial charge on any atom is 0.258 e. The van der Waals surface area contributed by atoms with Gasteiger partial charge in [0.25, 0.3) is 5.91 Å². The molecule has 3 aromatic heterocycles. The third kappa shape index (κ3) is 3.62. The van der Waals surface area contributed by atoms with Crippen LogP contribution in [0.5, 0.6) is 0 Å². The molecule has 0 saturated carbocycles. The lowest BCUT2D eigenvalue weighted by atomic mass is 10.1. The molecule has 4 heterocycles. The van der Waals surface area contributed by atoms with E-state index in [0.717, 1.165) is 48.6 Å². The Morgan fingerprint density at radius 3 is 2.97 bits per heavy atom. The summed E-state index contributed by atoms with van der Waals surface area (Å²) in [4.78, 5) is 34.3. The van der Waals surface area contributed by atoms with Crippen molar-refractivity contribution in [3.63, 3.8) is 0 Å². The normalized spacial score (nSPS) is 14.8. The van der Waals surface area contributed by atoms with E-state index in [4.69, 9.17) is 9.72 Å². The van der Waals surface area contributed by atoms with Gasteiger partial charge in [-0.05, 0) is 37.2 Å². The lowest BCUT2D eigenvalue weighted by Gasteiger charge is -2.21. The van der Waals surface area contributed by atoms with E-state index in [1.54, 1.807) is 7.11 Å². The molecule has 1 aromatic carbocycles. The highest BCUT2D eigenvalue weighted by atomic mass is 32.1. The number of aromatic nitrogens is 2. The lowest BCUT2D eigenvalue weighted by molar-refractivity contribution is 0.0937. The average Bonchev–Trinajstić information content (AvgIpc) is 2.98. The minimum atomic E-state index is -0.388. The number of anilines is 1. The van der Waals surface area contributed by atoms with Crippen molar-refractivity contribution in [1.29, 1.82) is 0 Å². The van der Waals surface area contributed by atoms with E-state index in [1.165, 1.54) is 11.3 Å². The van der Waals surface area contributed by atoms with Crippen LogP contribution in [0.2, 0.25) is 0 Å². The summed E-state index contributed by atoms with van der Waals surface area (Å²) in [5, 5.41) is 6.66. The molecule has 1 saturated heterocycles. The number of nitrogens with zero attached hydrogens (tertiary/aromatic N) is 3. The van der Waals surface area contributed by atoms with E-state index < -0.39 is 0 Å². The highest BCUT2D eigenvalue weighted by molar-refractivity contribution is 7.24. The van der Waals surface area contributed by atoms with Gasteiger partial charge in [0.2, 0.25) is 5.43 Å². The summed E-state index contributed by atoms with van der Waals surface area (Å²) in [7, 11) is 1.57. The van der Waals surface area contributed by atoms with Gasteiger partial charge in [-0.3, -0.25) is 14.0 Å². The number of pyridine rings is 2. The van der Waals surface area contributed by atoms with Crippen LogP contribution in [0.15, 0.2) is 41.2 Å². The lowest BCUT2D eigenvalue weighted by Crippen LogP contribution is -2.32. The van der Waals surface area contributed by atoms with Gasteiger partial charge in [-0.25, -0.2) is 4.98 Å². The molecular formula is C23H25N5O3S. The smallest absolute Gasteiger partial charge is 0.258 e. The minimum absolute atomic E-state index is 0.156. The molecule has 2 N–H and O–H groups in total. The number of benzene rings is 1. The second-order valence-corrected chi connectivity index (χ2v) is 8.83. The molecule has 4 aromatic rings. The Bertz CT molecular complexity index is 1350. The van der Waals surface area contributed by atoms with E-state index in [-0.39, 0.29) is 16.9 Å². The van der Waals surface area contributed by atoms with Gasteiger partial charge in [-0.15, -0.1) is 11.3 Å². The van der Waals surface area contributed by atoms with Crippen LogP contribution in [0.25, 0.3) is 26.1 Å². The van der Waals surface area contributed by atoms with E-state index in [9.17, 15) is 9.59 Å². The van der Waals surface area contributed by atoms with Crippen molar-refractivity contribution < 1.29 is 9.53 Å². The van der Waals surface area contributed by atoms with Crippen LogP contribution in [0.4, 0.5) is 5.82 Å². The van der Waals surface area contributed by atoms with E-state index in [2.05, 4.69) is 15.5 Å². The topological polar surface area (TPSA) is 88.0 Å². The molecule has 0 aliphatic carbocycles. The number of hydrogen-bond acceptors (Lipinski definition) is 7. The summed E-state index contributed by atoms with van der Waals surface area (Å²) in [6.45, 7) is 4.38. The van der Waals surface area contributed by atoms with Crippen LogP contribution in [0.3, 0.4) is 0 Å². The van der Waals surface area contributed by atoms with Crippen molar-refractivity contribution in [2.75, 3.05) is 51.3 Å². The van der Waals surface area contributed by atoms with Gasteiger partial charge in [0, 0.05) is 33.3 Å². The molecule has 0 atom stereocenters. The number of rotatable bonds is 5. The zero-order valence-corrected chi connectivity index (χ0v) is 18.7. The predicted octanol–water partition coefficient (Wildman–Crippen LogP) is 2.24. The Balaban J connectivity index is 1.75. The highest BCUT2D eigenvalue weighted by Gasteiger charge is 2.23. The number of ether oxygens (including phenoxy) is 1. The van der Waals surface area contributed by atoms with Crippen molar-refractivity contribution in [3.8, 4) is 0 Å². The Kier molecular flexibility index (Phi) is 5.77. The molecular weight excluding hydrogens is 426 g/mol. The first-order valence-electron chi connectivity index (χ1n) is 10.8. The fourth-order valence-corrected chi connectivity index (χ4v) is 5.37. The Hall–Kier alpha value is -3.01. The molecule has 1 fully saturated rings. The maximum atomic E-state index is 13.5. The van der Waals surface area contributed by atoms with Crippen LogP contribution in [-0.2, 0) is 4.74 Å². The zero-order chi connectivity index (χ0) is 22.1. The van der Waals surface area contributed by atoms with E-state index >= 15 is 0 Å². The summed E-state index contributed by atoms with van der Waals surface area (Å²) in [5.41, 5.74) is 1.39. The predicted molar refractivity (Wildman–Crippen MR) is 128 cm³/mol. The van der Waals surface area contributed by atoms with Crippen molar-refractivity contribution in [3.05, 3.63) is 52.2 Å². The number of hydrogen-bond donors (Lipinski definition) is 2. The average molecular weight is 452 g/mol. The second kappa shape index (κ2) is 8.85. The summed E-state index contributed by atoms with van der Waals surface area (Å²) in [6.07, 6.45) is 1.04. The number of thiazole rings is 1. The molecule has 0 bridgehead atoms. The van der Waals surface area contributed by atoms with Crippen LogP contribution < -0.4 is 21.0 Å².